The van der Waals surface area contributed by atoms with Gasteiger partial charge in [-0.05, 0) is 13.3 Å². The van der Waals surface area contributed by atoms with Crippen molar-refractivity contribution in [1.29, 1.82) is 0 Å². The van der Waals surface area contributed by atoms with E-state index in [1.54, 1.807) is 0 Å². The Morgan fingerprint density at radius 2 is 2.38 bits per heavy atom. The summed E-state index contributed by atoms with van der Waals surface area (Å²) in [6.07, 6.45) is 1.15. The molecule has 1 atom stereocenters. The van der Waals surface area contributed by atoms with Crippen molar-refractivity contribution in [3.63, 3.8) is 0 Å². The van der Waals surface area contributed by atoms with E-state index < -0.39 is 6.08 Å². The second-order valence-electron chi connectivity index (χ2n) is 2.74. The maximum atomic E-state index is 12.5. The van der Waals surface area contributed by atoms with Crippen LogP contribution >= 0.6 is 0 Å². The number of hydrogen-bond acceptors (Lipinski definition) is 4. The molecule has 1 unspecified atom stereocenters. The van der Waals surface area contributed by atoms with Gasteiger partial charge in [0.05, 0.1) is 12.3 Å². The van der Waals surface area contributed by atoms with Gasteiger partial charge in [0.15, 0.2) is 0 Å². The van der Waals surface area contributed by atoms with Crippen LogP contribution in [0.3, 0.4) is 0 Å². The zero-order valence-electron chi connectivity index (χ0n) is 7.62. The van der Waals surface area contributed by atoms with Gasteiger partial charge in [0, 0.05) is 0 Å². The van der Waals surface area contributed by atoms with E-state index in [1.807, 2.05) is 13.8 Å². The van der Waals surface area contributed by atoms with Crippen LogP contribution in [0.25, 0.3) is 0 Å². The zero-order valence-corrected chi connectivity index (χ0v) is 7.62. The maximum absolute atomic E-state index is 12.5. The van der Waals surface area contributed by atoms with E-state index >= 15 is 0 Å². The number of anilines is 1. The van der Waals surface area contributed by atoms with E-state index in [-0.39, 0.29) is 17.7 Å². The van der Waals surface area contributed by atoms with Crippen LogP contribution in [0.1, 0.15) is 20.3 Å². The molecule has 4 nitrogen and oxygen atoms in total. The van der Waals surface area contributed by atoms with E-state index in [2.05, 4.69) is 9.97 Å². The number of nitrogens with zero attached hydrogens (tertiary/aromatic N) is 2. The second kappa shape index (κ2) is 4.02. The lowest BCUT2D eigenvalue weighted by atomic mass is 10.3. The van der Waals surface area contributed by atoms with Crippen LogP contribution in [-0.2, 0) is 0 Å². The van der Waals surface area contributed by atoms with Gasteiger partial charge < -0.3 is 10.5 Å². The predicted octanol–water partition coefficient (Wildman–Crippen LogP) is 1.38. The summed E-state index contributed by atoms with van der Waals surface area (Å²) in [6.45, 7) is 3.82. The van der Waals surface area contributed by atoms with Gasteiger partial charge in [-0.3, -0.25) is 0 Å². The Labute approximate surface area is 75.9 Å². The van der Waals surface area contributed by atoms with Gasteiger partial charge in [-0.25, -0.2) is 4.98 Å². The molecule has 5 heteroatoms. The SMILES string of the molecule is CCC(C)Oc1nc(F)ncc1N. The van der Waals surface area contributed by atoms with Gasteiger partial charge in [0.25, 0.3) is 0 Å². The molecule has 72 valence electrons. The fourth-order valence-corrected chi connectivity index (χ4v) is 0.724. The van der Waals surface area contributed by atoms with Crippen molar-refractivity contribution in [3.05, 3.63) is 12.3 Å². The van der Waals surface area contributed by atoms with Crippen molar-refractivity contribution < 1.29 is 9.13 Å². The fourth-order valence-electron chi connectivity index (χ4n) is 0.724. The fraction of sp³-hybridized carbons (Fsp3) is 0.500. The number of halogens is 1. The van der Waals surface area contributed by atoms with Crippen LogP contribution in [0.4, 0.5) is 10.1 Å². The summed E-state index contributed by atoms with van der Waals surface area (Å²) >= 11 is 0. The van der Waals surface area contributed by atoms with Gasteiger partial charge in [0.2, 0.25) is 5.88 Å². The van der Waals surface area contributed by atoms with E-state index in [1.165, 1.54) is 6.20 Å². The number of ether oxygens (including phenoxy) is 1. The van der Waals surface area contributed by atoms with E-state index in [4.69, 9.17) is 10.5 Å². The Morgan fingerprint density at radius 3 is 3.00 bits per heavy atom. The molecule has 0 amide bonds. The molecule has 0 aliphatic heterocycles. The number of nitrogens with two attached hydrogens (primary N) is 1. The van der Waals surface area contributed by atoms with Gasteiger partial charge in [-0.2, -0.15) is 9.37 Å². The van der Waals surface area contributed by atoms with E-state index in [9.17, 15) is 4.39 Å². The molecule has 0 fully saturated rings. The van der Waals surface area contributed by atoms with Crippen LogP contribution in [0.2, 0.25) is 0 Å². The lowest BCUT2D eigenvalue weighted by Gasteiger charge is -2.12. The highest BCUT2D eigenvalue weighted by atomic mass is 19.1. The molecule has 2 N–H and O–H groups in total. The van der Waals surface area contributed by atoms with Crippen LogP contribution in [0, 0.1) is 6.08 Å². The molecule has 1 heterocycles. The summed E-state index contributed by atoms with van der Waals surface area (Å²) in [6, 6.07) is 0. The van der Waals surface area contributed by atoms with Crippen molar-refractivity contribution in [3.8, 4) is 5.88 Å². The smallest absolute Gasteiger partial charge is 0.311 e. The van der Waals surface area contributed by atoms with Crippen molar-refractivity contribution in [2.45, 2.75) is 26.4 Å². The summed E-state index contributed by atoms with van der Waals surface area (Å²) in [5, 5.41) is 0. The van der Waals surface area contributed by atoms with E-state index in [0.717, 1.165) is 6.42 Å². The second-order valence-corrected chi connectivity index (χ2v) is 2.74. The Hall–Kier alpha value is -1.39. The largest absolute Gasteiger partial charge is 0.473 e. The summed E-state index contributed by atoms with van der Waals surface area (Å²) in [5.74, 6) is 0.113. The van der Waals surface area contributed by atoms with Crippen molar-refractivity contribution in [1.82, 2.24) is 9.97 Å². The molecule has 0 saturated heterocycles. The zero-order chi connectivity index (χ0) is 9.84. The number of hydrogen-bond donors (Lipinski definition) is 1. The lowest BCUT2D eigenvalue weighted by molar-refractivity contribution is 0.206. The molecule has 1 aromatic heterocycles. The molecule has 0 saturated carbocycles. The minimum atomic E-state index is -0.826. The minimum Gasteiger partial charge on any atom is -0.473 e. The average molecular weight is 185 g/mol. The first-order chi connectivity index (χ1) is 6.13. The average Bonchev–Trinajstić information content (AvgIpc) is 2.11. The quantitative estimate of drug-likeness (QED) is 0.722. The van der Waals surface area contributed by atoms with Gasteiger partial charge in [-0.15, -0.1) is 0 Å². The molecule has 1 aromatic rings. The highest BCUT2D eigenvalue weighted by Gasteiger charge is 2.08. The lowest BCUT2D eigenvalue weighted by Crippen LogP contribution is -2.13. The first kappa shape index (κ1) is 9.70. The van der Waals surface area contributed by atoms with Crippen LogP contribution in [0.15, 0.2) is 6.20 Å². The van der Waals surface area contributed by atoms with Gasteiger partial charge in [-0.1, -0.05) is 6.92 Å². The Bertz CT molecular complexity index is 293. The molecular formula is C8H12FN3O. The molecule has 0 aliphatic rings. The topological polar surface area (TPSA) is 61.0 Å². The molecule has 13 heavy (non-hydrogen) atoms. The van der Waals surface area contributed by atoms with Crippen LogP contribution in [0.5, 0.6) is 5.88 Å². The third-order valence-corrected chi connectivity index (χ3v) is 1.64. The number of rotatable bonds is 3. The molecule has 0 radical (unpaired) electrons. The Morgan fingerprint density at radius 1 is 1.69 bits per heavy atom. The molecule has 0 aromatic carbocycles. The summed E-state index contributed by atoms with van der Waals surface area (Å²) in [5.41, 5.74) is 5.73. The van der Waals surface area contributed by atoms with Gasteiger partial charge >= 0.3 is 6.08 Å². The molecule has 0 aliphatic carbocycles. The molecule has 1 rings (SSSR count). The number of nitrogen functional groups attached to an aromatic ring is 1. The Balaban J connectivity index is 2.81. The predicted molar refractivity (Wildman–Crippen MR) is 46.8 cm³/mol. The molecular weight excluding hydrogens is 173 g/mol. The van der Waals surface area contributed by atoms with Crippen LogP contribution in [-0.4, -0.2) is 16.1 Å². The third-order valence-electron chi connectivity index (χ3n) is 1.64. The Kier molecular flexibility index (Phi) is 3.00. The summed E-state index contributed by atoms with van der Waals surface area (Å²) in [7, 11) is 0. The number of aromatic nitrogens is 2. The highest BCUT2D eigenvalue weighted by Crippen LogP contribution is 2.18. The van der Waals surface area contributed by atoms with Crippen LogP contribution < -0.4 is 10.5 Å². The monoisotopic (exact) mass is 185 g/mol. The van der Waals surface area contributed by atoms with Gasteiger partial charge in [0.1, 0.15) is 5.69 Å². The summed E-state index contributed by atoms with van der Waals surface area (Å²) in [4.78, 5) is 6.73. The molecule has 0 bridgehead atoms. The van der Waals surface area contributed by atoms with E-state index in [0.29, 0.717) is 0 Å². The normalized spacial score (nSPS) is 12.5. The standard InChI is InChI=1S/C8H12FN3O/c1-3-5(2)13-7-6(10)4-11-8(9)12-7/h4-5H,3,10H2,1-2H3. The maximum Gasteiger partial charge on any atom is 0.311 e. The first-order valence-corrected chi connectivity index (χ1v) is 4.08. The molecule has 0 spiro atoms. The van der Waals surface area contributed by atoms with Crippen molar-refractivity contribution >= 4 is 5.69 Å². The minimum absolute atomic E-state index is 0.0309. The highest BCUT2D eigenvalue weighted by molar-refractivity contribution is 5.44. The van der Waals surface area contributed by atoms with Crippen molar-refractivity contribution in [2.75, 3.05) is 5.73 Å². The first-order valence-electron chi connectivity index (χ1n) is 4.08. The third kappa shape index (κ3) is 2.54. The van der Waals surface area contributed by atoms with Crippen molar-refractivity contribution in [2.24, 2.45) is 0 Å². The summed E-state index contributed by atoms with van der Waals surface area (Å²) < 4.78 is 17.8.